The van der Waals surface area contributed by atoms with Crippen LogP contribution in [-0.2, 0) is 9.57 Å². The second-order valence-electron chi connectivity index (χ2n) is 2.93. The SMILES string of the molecule is CC(C)OCC(=NOC=N)n1cncn1. The molecule has 7 nitrogen and oxygen atoms in total. The highest BCUT2D eigenvalue weighted by atomic mass is 16.6. The van der Waals surface area contributed by atoms with Crippen LogP contribution in [0.4, 0.5) is 0 Å². The fourth-order valence-electron chi connectivity index (χ4n) is 0.804. The van der Waals surface area contributed by atoms with Gasteiger partial charge in [-0.05, 0) is 13.8 Å². The average Bonchev–Trinajstić information content (AvgIpc) is 2.71. The van der Waals surface area contributed by atoms with Crippen LogP contribution in [0.1, 0.15) is 13.8 Å². The number of ether oxygens (including phenoxy) is 1. The molecule has 0 spiro atoms. The van der Waals surface area contributed by atoms with E-state index in [4.69, 9.17) is 10.1 Å². The van der Waals surface area contributed by atoms with Crippen LogP contribution in [0.15, 0.2) is 17.8 Å². The van der Waals surface area contributed by atoms with E-state index in [1.54, 1.807) is 0 Å². The van der Waals surface area contributed by atoms with Crippen LogP contribution in [0.2, 0.25) is 0 Å². The minimum atomic E-state index is 0.0821. The topological polar surface area (TPSA) is 85.4 Å². The molecular formula is C8H13N5O2. The van der Waals surface area contributed by atoms with Crippen LogP contribution in [0, 0.1) is 5.41 Å². The molecule has 1 aromatic heterocycles. The lowest BCUT2D eigenvalue weighted by Gasteiger charge is -2.08. The minimum absolute atomic E-state index is 0.0821. The molecule has 1 heterocycles. The second kappa shape index (κ2) is 5.86. The van der Waals surface area contributed by atoms with Gasteiger partial charge in [0.1, 0.15) is 19.3 Å². The zero-order chi connectivity index (χ0) is 11.1. The van der Waals surface area contributed by atoms with Crippen molar-refractivity contribution in [2.75, 3.05) is 6.61 Å². The molecule has 1 N–H and O–H groups in total. The Balaban J connectivity index is 2.66. The van der Waals surface area contributed by atoms with E-state index in [1.165, 1.54) is 17.3 Å². The third-order valence-electron chi connectivity index (χ3n) is 1.44. The van der Waals surface area contributed by atoms with Crippen LogP contribution in [0.5, 0.6) is 0 Å². The van der Waals surface area contributed by atoms with Crippen LogP contribution in [0.25, 0.3) is 0 Å². The molecular weight excluding hydrogens is 198 g/mol. The molecule has 1 rings (SSSR count). The van der Waals surface area contributed by atoms with E-state index in [0.29, 0.717) is 5.84 Å². The van der Waals surface area contributed by atoms with Crippen molar-refractivity contribution in [1.29, 1.82) is 5.41 Å². The van der Waals surface area contributed by atoms with Crippen molar-refractivity contribution in [3.63, 3.8) is 0 Å². The van der Waals surface area contributed by atoms with E-state index in [-0.39, 0.29) is 12.7 Å². The summed E-state index contributed by atoms with van der Waals surface area (Å²) in [6, 6.07) is 0. The van der Waals surface area contributed by atoms with Crippen LogP contribution < -0.4 is 0 Å². The summed E-state index contributed by atoms with van der Waals surface area (Å²) in [6.45, 7) is 4.07. The Morgan fingerprint density at radius 3 is 3.00 bits per heavy atom. The van der Waals surface area contributed by atoms with Crippen molar-refractivity contribution in [3.05, 3.63) is 12.7 Å². The van der Waals surface area contributed by atoms with Crippen molar-refractivity contribution in [2.24, 2.45) is 5.16 Å². The zero-order valence-corrected chi connectivity index (χ0v) is 8.62. The number of nitrogens with one attached hydrogen (secondary N) is 1. The van der Waals surface area contributed by atoms with Gasteiger partial charge >= 0.3 is 0 Å². The maximum absolute atomic E-state index is 6.70. The molecule has 7 heteroatoms. The van der Waals surface area contributed by atoms with Gasteiger partial charge in [0.05, 0.1) is 6.10 Å². The van der Waals surface area contributed by atoms with Crippen LogP contribution in [-0.4, -0.2) is 39.7 Å². The Bertz CT molecular complexity index is 320. The molecule has 0 radical (unpaired) electrons. The van der Waals surface area contributed by atoms with Crippen molar-refractivity contribution in [1.82, 2.24) is 14.8 Å². The first-order valence-electron chi connectivity index (χ1n) is 4.42. The summed E-state index contributed by atoms with van der Waals surface area (Å²) in [4.78, 5) is 8.29. The smallest absolute Gasteiger partial charge is 0.204 e. The summed E-state index contributed by atoms with van der Waals surface area (Å²) in [7, 11) is 0. The summed E-state index contributed by atoms with van der Waals surface area (Å²) >= 11 is 0. The van der Waals surface area contributed by atoms with Crippen LogP contribution >= 0.6 is 0 Å². The number of hydrogen-bond acceptors (Lipinski definition) is 6. The van der Waals surface area contributed by atoms with Gasteiger partial charge in [0.2, 0.25) is 6.40 Å². The van der Waals surface area contributed by atoms with Gasteiger partial charge in [-0.1, -0.05) is 5.16 Å². The molecule has 0 unspecified atom stereocenters. The molecule has 0 bridgehead atoms. The van der Waals surface area contributed by atoms with Crippen molar-refractivity contribution >= 4 is 12.2 Å². The maximum Gasteiger partial charge on any atom is 0.204 e. The standard InChI is InChI=1S/C8H13N5O2/c1-7(2)14-3-8(12-15-4-9)13-6-10-5-11-13/h4-7,9H,3H2,1-2H3. The maximum atomic E-state index is 6.70. The van der Waals surface area contributed by atoms with Crippen molar-refractivity contribution < 1.29 is 9.57 Å². The van der Waals surface area contributed by atoms with Gasteiger partial charge in [-0.25, -0.2) is 9.67 Å². The van der Waals surface area contributed by atoms with Gasteiger partial charge < -0.3 is 9.57 Å². The molecule has 15 heavy (non-hydrogen) atoms. The lowest BCUT2D eigenvalue weighted by Crippen LogP contribution is -2.22. The molecule has 0 aliphatic carbocycles. The molecule has 0 amide bonds. The quantitative estimate of drug-likeness (QED) is 0.436. The predicted octanol–water partition coefficient (Wildman–Crippen LogP) is 0.488. The summed E-state index contributed by atoms with van der Waals surface area (Å²) in [5.41, 5.74) is 0. The molecule has 0 aliphatic heterocycles. The number of aromatic nitrogens is 3. The molecule has 1 aromatic rings. The normalized spacial score (nSPS) is 11.8. The van der Waals surface area contributed by atoms with Gasteiger partial charge in [-0.15, -0.1) is 0 Å². The van der Waals surface area contributed by atoms with Crippen LogP contribution in [0.3, 0.4) is 0 Å². The Morgan fingerprint density at radius 1 is 1.67 bits per heavy atom. The third-order valence-corrected chi connectivity index (χ3v) is 1.44. The van der Waals surface area contributed by atoms with Crippen molar-refractivity contribution in [3.8, 4) is 0 Å². The number of hydrogen-bond donors (Lipinski definition) is 1. The van der Waals surface area contributed by atoms with Gasteiger partial charge in [0.25, 0.3) is 0 Å². The molecule has 82 valence electrons. The first kappa shape index (κ1) is 11.3. The zero-order valence-electron chi connectivity index (χ0n) is 8.62. The van der Waals surface area contributed by atoms with E-state index in [0.717, 1.165) is 6.40 Å². The highest BCUT2D eigenvalue weighted by molar-refractivity contribution is 5.84. The molecule has 0 atom stereocenters. The van der Waals surface area contributed by atoms with Crippen molar-refractivity contribution in [2.45, 2.75) is 20.0 Å². The van der Waals surface area contributed by atoms with E-state index < -0.39 is 0 Å². The second-order valence-corrected chi connectivity index (χ2v) is 2.93. The van der Waals surface area contributed by atoms with Gasteiger partial charge in [-0.3, -0.25) is 5.41 Å². The van der Waals surface area contributed by atoms with Gasteiger partial charge in [0.15, 0.2) is 5.84 Å². The Kier molecular flexibility index (Phi) is 4.42. The number of nitrogens with zero attached hydrogens (tertiary/aromatic N) is 4. The Labute approximate surface area is 87.2 Å². The lowest BCUT2D eigenvalue weighted by atomic mass is 10.5. The van der Waals surface area contributed by atoms with E-state index in [2.05, 4.69) is 20.1 Å². The molecule has 0 saturated heterocycles. The average molecular weight is 211 g/mol. The lowest BCUT2D eigenvalue weighted by molar-refractivity contribution is 0.107. The predicted molar refractivity (Wildman–Crippen MR) is 53.8 cm³/mol. The van der Waals surface area contributed by atoms with Gasteiger partial charge in [-0.2, -0.15) is 5.10 Å². The first-order chi connectivity index (χ1) is 7.24. The van der Waals surface area contributed by atoms with Gasteiger partial charge in [0, 0.05) is 0 Å². The molecule has 0 aliphatic rings. The molecule has 0 aromatic carbocycles. The highest BCUT2D eigenvalue weighted by Crippen LogP contribution is 1.92. The fourth-order valence-corrected chi connectivity index (χ4v) is 0.804. The Hall–Kier alpha value is -1.76. The Morgan fingerprint density at radius 2 is 2.47 bits per heavy atom. The summed E-state index contributed by atoms with van der Waals surface area (Å²) in [6.07, 6.45) is 3.68. The first-order valence-corrected chi connectivity index (χ1v) is 4.42. The summed E-state index contributed by atoms with van der Waals surface area (Å²) < 4.78 is 6.77. The van der Waals surface area contributed by atoms with E-state index in [9.17, 15) is 0 Å². The highest BCUT2D eigenvalue weighted by Gasteiger charge is 2.06. The largest absolute Gasteiger partial charge is 0.371 e. The summed E-state index contributed by atoms with van der Waals surface area (Å²) in [5.74, 6) is 0.435. The van der Waals surface area contributed by atoms with E-state index in [1.807, 2.05) is 13.8 Å². The number of oxime groups is 1. The molecule has 0 fully saturated rings. The molecule has 0 saturated carbocycles. The summed E-state index contributed by atoms with van der Waals surface area (Å²) in [5, 5.41) is 14.3. The third kappa shape index (κ3) is 3.86. The van der Waals surface area contributed by atoms with E-state index >= 15 is 0 Å². The fraction of sp³-hybridized carbons (Fsp3) is 0.500. The monoisotopic (exact) mass is 211 g/mol. The minimum Gasteiger partial charge on any atom is -0.371 e. The number of rotatable bonds is 5.